The predicted molar refractivity (Wildman–Crippen MR) is 92.1 cm³/mol. The van der Waals surface area contributed by atoms with Crippen molar-refractivity contribution in [2.24, 2.45) is 10.2 Å². The normalized spacial score (nSPS) is 11.1. The number of nitrogens with zero attached hydrogens (tertiary/aromatic N) is 3. The van der Waals surface area contributed by atoms with E-state index < -0.39 is 0 Å². The second-order valence-electron chi connectivity index (χ2n) is 4.89. The molecule has 0 atom stereocenters. The molecule has 2 aromatic rings. The first-order valence-electron chi connectivity index (χ1n) is 7.35. The molecule has 5 heteroatoms. The fourth-order valence-corrected chi connectivity index (χ4v) is 2.94. The third-order valence-corrected chi connectivity index (χ3v) is 4.06. The summed E-state index contributed by atoms with van der Waals surface area (Å²) in [6.45, 7) is 6.59. The molecule has 112 valence electrons. The van der Waals surface area contributed by atoms with Crippen LogP contribution in [0.1, 0.15) is 26.7 Å². The molecule has 0 unspecified atom stereocenters. The number of hydrogen-bond acceptors (Lipinski definition) is 5. The quantitative estimate of drug-likeness (QED) is 0.552. The van der Waals surface area contributed by atoms with Gasteiger partial charge >= 0.3 is 0 Å². The van der Waals surface area contributed by atoms with Crippen molar-refractivity contribution in [3.63, 3.8) is 0 Å². The molecule has 0 bridgehead atoms. The molecule has 0 aliphatic carbocycles. The summed E-state index contributed by atoms with van der Waals surface area (Å²) in [6, 6.07) is 11.6. The van der Waals surface area contributed by atoms with Gasteiger partial charge in [0.1, 0.15) is 5.00 Å². The number of nitrogens with two attached hydrogens (primary N) is 1. The van der Waals surface area contributed by atoms with Gasteiger partial charge in [-0.1, -0.05) is 25.2 Å². The van der Waals surface area contributed by atoms with Crippen molar-refractivity contribution >= 4 is 32.7 Å². The minimum Gasteiger partial charge on any atom is -0.399 e. The number of azo groups is 1. The van der Waals surface area contributed by atoms with Crippen LogP contribution in [0.4, 0.5) is 21.4 Å². The van der Waals surface area contributed by atoms with Crippen molar-refractivity contribution in [1.82, 2.24) is 0 Å². The number of benzene rings is 1. The summed E-state index contributed by atoms with van der Waals surface area (Å²) in [6.07, 6.45) is 2.31. The van der Waals surface area contributed by atoms with Crippen molar-refractivity contribution in [2.45, 2.75) is 26.7 Å². The van der Waals surface area contributed by atoms with Crippen LogP contribution in [-0.2, 0) is 0 Å². The molecule has 0 aliphatic rings. The highest BCUT2D eigenvalue weighted by Gasteiger charge is 2.07. The average Bonchev–Trinajstić information content (AvgIpc) is 2.95. The van der Waals surface area contributed by atoms with E-state index in [0.29, 0.717) is 0 Å². The van der Waals surface area contributed by atoms with Gasteiger partial charge in [0.05, 0.1) is 10.7 Å². The van der Waals surface area contributed by atoms with Crippen LogP contribution >= 0.6 is 11.3 Å². The smallest absolute Gasteiger partial charge is 0.140 e. The Hall–Kier alpha value is -1.88. The highest BCUT2D eigenvalue weighted by molar-refractivity contribution is 7.19. The minimum atomic E-state index is 0.738. The summed E-state index contributed by atoms with van der Waals surface area (Å²) in [5, 5.41) is 10.7. The van der Waals surface area contributed by atoms with Crippen molar-refractivity contribution in [1.29, 1.82) is 0 Å². The van der Waals surface area contributed by atoms with Gasteiger partial charge in [-0.2, -0.15) is 0 Å². The second-order valence-corrected chi connectivity index (χ2v) is 5.93. The number of anilines is 2. The van der Waals surface area contributed by atoms with E-state index in [-0.39, 0.29) is 0 Å². The van der Waals surface area contributed by atoms with E-state index >= 15 is 0 Å². The van der Waals surface area contributed by atoms with Gasteiger partial charge in [-0.25, -0.2) is 0 Å². The Morgan fingerprint density at radius 1 is 0.952 bits per heavy atom. The zero-order valence-corrected chi connectivity index (χ0v) is 13.4. The molecule has 0 spiro atoms. The molecular formula is C16H22N4S. The Balaban J connectivity index is 2.06. The number of thiophene rings is 1. The first kappa shape index (κ1) is 15.5. The highest BCUT2D eigenvalue weighted by Crippen LogP contribution is 2.33. The number of rotatable bonds is 7. The largest absolute Gasteiger partial charge is 0.399 e. The third kappa shape index (κ3) is 4.56. The fraction of sp³-hybridized carbons (Fsp3) is 0.375. The summed E-state index contributed by atoms with van der Waals surface area (Å²) in [4.78, 5) is 2.41. The van der Waals surface area contributed by atoms with Crippen LogP contribution in [0.3, 0.4) is 0 Å². The molecule has 2 N–H and O–H groups in total. The fourth-order valence-electron chi connectivity index (χ4n) is 2.06. The van der Waals surface area contributed by atoms with E-state index in [4.69, 9.17) is 5.73 Å². The van der Waals surface area contributed by atoms with Crippen molar-refractivity contribution in [2.75, 3.05) is 23.7 Å². The topological polar surface area (TPSA) is 54.0 Å². The summed E-state index contributed by atoms with van der Waals surface area (Å²) >= 11 is 1.68. The first-order valence-corrected chi connectivity index (χ1v) is 8.16. The maximum Gasteiger partial charge on any atom is 0.140 e. The number of nitrogen functional groups attached to an aromatic ring is 1. The lowest BCUT2D eigenvalue weighted by atomic mass is 10.3. The summed E-state index contributed by atoms with van der Waals surface area (Å²) < 4.78 is 0. The molecule has 0 radical (unpaired) electrons. The molecule has 0 aliphatic heterocycles. The van der Waals surface area contributed by atoms with Crippen LogP contribution in [0.5, 0.6) is 0 Å². The van der Waals surface area contributed by atoms with Gasteiger partial charge < -0.3 is 10.6 Å². The van der Waals surface area contributed by atoms with E-state index in [1.165, 1.54) is 5.00 Å². The van der Waals surface area contributed by atoms with Crippen LogP contribution in [0.2, 0.25) is 0 Å². The average molecular weight is 302 g/mol. The molecule has 1 aromatic heterocycles. The molecule has 2 rings (SSSR count). The van der Waals surface area contributed by atoms with E-state index in [9.17, 15) is 0 Å². The highest BCUT2D eigenvalue weighted by atomic mass is 32.1. The molecule has 4 nitrogen and oxygen atoms in total. The monoisotopic (exact) mass is 302 g/mol. The Morgan fingerprint density at radius 3 is 2.24 bits per heavy atom. The molecule has 0 fully saturated rings. The van der Waals surface area contributed by atoms with E-state index in [1.54, 1.807) is 11.3 Å². The Morgan fingerprint density at radius 2 is 1.62 bits per heavy atom. The SMILES string of the molecule is CCCN(CCC)c1ccc(N=Nc2ccc(N)cc2)s1. The minimum absolute atomic E-state index is 0.738. The number of hydrogen-bond donors (Lipinski definition) is 1. The molecule has 1 aromatic carbocycles. The summed E-state index contributed by atoms with van der Waals surface area (Å²) in [5.74, 6) is 0. The van der Waals surface area contributed by atoms with E-state index in [0.717, 1.165) is 42.3 Å². The molecule has 0 saturated carbocycles. The third-order valence-electron chi connectivity index (χ3n) is 3.03. The van der Waals surface area contributed by atoms with Gasteiger partial charge in [0.15, 0.2) is 0 Å². The van der Waals surface area contributed by atoms with Crippen LogP contribution in [0.15, 0.2) is 46.6 Å². The Labute approximate surface area is 130 Å². The van der Waals surface area contributed by atoms with E-state index in [1.807, 2.05) is 30.3 Å². The van der Waals surface area contributed by atoms with Crippen LogP contribution in [0, 0.1) is 0 Å². The van der Waals surface area contributed by atoms with Crippen LogP contribution in [0.25, 0.3) is 0 Å². The molecule has 0 saturated heterocycles. The summed E-state index contributed by atoms with van der Waals surface area (Å²) in [5.41, 5.74) is 7.21. The van der Waals surface area contributed by atoms with Crippen LogP contribution in [-0.4, -0.2) is 13.1 Å². The van der Waals surface area contributed by atoms with Crippen molar-refractivity contribution in [3.8, 4) is 0 Å². The van der Waals surface area contributed by atoms with Gasteiger partial charge in [0.2, 0.25) is 0 Å². The standard InChI is InChI=1S/C16H22N4S/c1-3-11-20(12-4-2)16-10-9-15(21-16)19-18-14-7-5-13(17)6-8-14/h5-10H,3-4,11-12,17H2,1-2H3. The van der Waals surface area contributed by atoms with Gasteiger partial charge in [-0.15, -0.1) is 10.2 Å². The lowest BCUT2D eigenvalue weighted by molar-refractivity contribution is 0.751. The maximum absolute atomic E-state index is 5.65. The second kappa shape index (κ2) is 7.78. The first-order chi connectivity index (χ1) is 10.2. The van der Waals surface area contributed by atoms with Crippen molar-refractivity contribution < 1.29 is 0 Å². The predicted octanol–water partition coefficient (Wildman–Crippen LogP) is 5.37. The zero-order valence-electron chi connectivity index (χ0n) is 12.6. The summed E-state index contributed by atoms with van der Waals surface area (Å²) in [7, 11) is 0. The lowest BCUT2D eigenvalue weighted by Gasteiger charge is -2.21. The van der Waals surface area contributed by atoms with Gasteiger partial charge in [-0.05, 0) is 49.2 Å². The van der Waals surface area contributed by atoms with Gasteiger partial charge in [0, 0.05) is 18.8 Å². The molecular weight excluding hydrogens is 280 g/mol. The Bertz CT molecular complexity index is 568. The Kier molecular flexibility index (Phi) is 5.75. The van der Waals surface area contributed by atoms with E-state index in [2.05, 4.69) is 35.0 Å². The molecule has 21 heavy (non-hydrogen) atoms. The zero-order chi connectivity index (χ0) is 15.1. The lowest BCUT2D eigenvalue weighted by Crippen LogP contribution is -2.23. The maximum atomic E-state index is 5.65. The van der Waals surface area contributed by atoms with Gasteiger partial charge in [-0.3, -0.25) is 0 Å². The van der Waals surface area contributed by atoms with Gasteiger partial charge in [0.25, 0.3) is 0 Å². The molecule has 1 heterocycles. The van der Waals surface area contributed by atoms with Crippen molar-refractivity contribution in [3.05, 3.63) is 36.4 Å². The molecule has 0 amide bonds. The van der Waals surface area contributed by atoms with Crippen LogP contribution < -0.4 is 10.6 Å².